The maximum absolute atomic E-state index is 9.35. The Balaban J connectivity index is 0.00000739. The van der Waals surface area contributed by atoms with Crippen molar-refractivity contribution in [1.82, 2.24) is 4.98 Å². The number of aromatic nitrogens is 1. The van der Waals surface area contributed by atoms with Crippen molar-refractivity contribution in [2.24, 2.45) is 0 Å². The summed E-state index contributed by atoms with van der Waals surface area (Å²) in [6.07, 6.45) is 1.89. The van der Waals surface area contributed by atoms with Gasteiger partial charge in [-0.05, 0) is 116 Å². The Labute approximate surface area is 483 Å². The fraction of sp³-hybridized carbons (Fsp3) is 0.143. The number of para-hydroxylation sites is 3. The van der Waals surface area contributed by atoms with Gasteiger partial charge in [0, 0.05) is 72.6 Å². The molecule has 77 heavy (non-hydrogen) atoms. The van der Waals surface area contributed by atoms with Gasteiger partial charge in [-0.25, -0.2) is 4.98 Å². The summed E-state index contributed by atoms with van der Waals surface area (Å²) in [5.74, 6) is 1.58. The minimum absolute atomic E-state index is 0. The molecule has 9 aromatic carbocycles. The Morgan fingerprint density at radius 1 is 0.519 bits per heavy atom. The Bertz CT molecular complexity index is 4340. The standard InChI is InChI=1S/C70H59N4OSi.Pt/c1-46-30-33-55-56-34-31-47(2)39-66(56)76(65(55)38-46)63-29-18-17-28-61(63)74(67-42-50(36-37-71-67)69(3,4)5)62-44-54(32-35-64(62)76)75-53-25-19-24-52(43-53)72-45-73(60-27-16-15-26-59(60)72)68-57(48-20-11-9-12-21-48)40-51(70(6,7)8)41-58(68)49-22-13-10-14-23-49;/h9-42,45H,1-8H3;/q-3;/i9D,10D,11D,12D,13D,14D,20D,21D,22D,23D;. The van der Waals surface area contributed by atoms with Crippen LogP contribution in [0.2, 0.25) is 0 Å². The molecule has 0 fully saturated rings. The molecule has 3 aliphatic heterocycles. The summed E-state index contributed by atoms with van der Waals surface area (Å²) in [7, 11) is -3.07. The van der Waals surface area contributed by atoms with Gasteiger partial charge >= 0.3 is 0 Å². The van der Waals surface area contributed by atoms with Gasteiger partial charge in [0.2, 0.25) is 0 Å². The molecule has 0 aliphatic carbocycles. The van der Waals surface area contributed by atoms with E-state index in [0.29, 0.717) is 34.1 Å². The molecule has 1 aromatic heterocycles. The monoisotopic (exact) mass is 1200 g/mol. The minimum Gasteiger partial charge on any atom is -0.509 e. The SMILES string of the molecule is [2H]c1c([2H])c([2H])c(-c2cc(C(C)(C)C)cc(-c3c([2H])c([2H])c([2H])c([2H])c3[2H])c2N2[CH-]N(c3[c-]c(Oc4[c-]c5c(cc4)[Si]4(c6cc(C)ccc6-c6ccc(C)cc64)c4ccccc4N5c4cc(C(C)(C)C)ccn4)ccc3)c3ccccc32)c([2H])c1[2H].[Pt]. The first-order valence-electron chi connectivity index (χ1n) is 30.6. The third kappa shape index (κ3) is 8.36. The largest absolute Gasteiger partial charge is 0.509 e. The Morgan fingerprint density at radius 2 is 1.09 bits per heavy atom. The van der Waals surface area contributed by atoms with Crippen molar-refractivity contribution in [3.05, 3.63) is 247 Å². The molecule has 0 unspecified atom stereocenters. The molecular weight excluding hydrogens is 1140 g/mol. The molecule has 7 heteroatoms. The van der Waals surface area contributed by atoms with Crippen LogP contribution < -0.4 is 40.2 Å². The molecular formula is C70H59N4OPtSi-3. The van der Waals surface area contributed by atoms with E-state index >= 15 is 0 Å². The summed E-state index contributed by atoms with van der Waals surface area (Å²) in [5, 5.41) is 5.07. The van der Waals surface area contributed by atoms with Crippen molar-refractivity contribution in [3.8, 4) is 44.9 Å². The number of hydrogen-bond donors (Lipinski definition) is 0. The molecule has 4 heterocycles. The van der Waals surface area contributed by atoms with Gasteiger partial charge < -0.3 is 19.4 Å². The van der Waals surface area contributed by atoms with Gasteiger partial charge in [-0.1, -0.05) is 186 Å². The first-order chi connectivity index (χ1) is 40.9. The summed E-state index contributed by atoms with van der Waals surface area (Å²) in [6, 6.07) is 49.9. The second-order valence-corrected chi connectivity index (χ2v) is 25.6. The fourth-order valence-corrected chi connectivity index (χ4v) is 17.0. The van der Waals surface area contributed by atoms with Crippen LogP contribution in [0.25, 0.3) is 33.4 Å². The predicted molar refractivity (Wildman–Crippen MR) is 318 cm³/mol. The Morgan fingerprint density at radius 3 is 1.70 bits per heavy atom. The van der Waals surface area contributed by atoms with E-state index < -0.39 is 73.9 Å². The van der Waals surface area contributed by atoms with E-state index in [4.69, 9.17) is 17.9 Å². The van der Waals surface area contributed by atoms with Crippen molar-refractivity contribution >= 4 is 68.8 Å². The van der Waals surface area contributed by atoms with E-state index in [-0.39, 0.29) is 54.4 Å². The second kappa shape index (κ2) is 19.1. The van der Waals surface area contributed by atoms with E-state index in [1.165, 1.54) is 37.8 Å². The molecule has 0 bridgehead atoms. The van der Waals surface area contributed by atoms with Crippen LogP contribution in [0.3, 0.4) is 0 Å². The number of ether oxygens (including phenoxy) is 1. The van der Waals surface area contributed by atoms with E-state index in [2.05, 4.69) is 131 Å². The number of pyridine rings is 1. The molecule has 0 atom stereocenters. The van der Waals surface area contributed by atoms with Crippen LogP contribution in [-0.4, -0.2) is 13.1 Å². The van der Waals surface area contributed by atoms with E-state index in [1.807, 2.05) is 80.4 Å². The first kappa shape index (κ1) is 39.6. The maximum atomic E-state index is 9.35. The summed E-state index contributed by atoms with van der Waals surface area (Å²) in [4.78, 5) is 11.0. The first-order valence-corrected chi connectivity index (χ1v) is 27.6. The zero-order valence-electron chi connectivity index (χ0n) is 53.9. The van der Waals surface area contributed by atoms with Gasteiger partial charge in [-0.2, -0.15) is 12.1 Å². The van der Waals surface area contributed by atoms with Crippen molar-refractivity contribution < 1.29 is 39.5 Å². The van der Waals surface area contributed by atoms with Crippen molar-refractivity contribution in [2.45, 2.75) is 66.2 Å². The summed E-state index contributed by atoms with van der Waals surface area (Å²) in [6.45, 7) is 18.6. The number of nitrogens with zero attached hydrogens (tertiary/aromatic N) is 4. The van der Waals surface area contributed by atoms with E-state index in [1.54, 1.807) is 23.7 Å². The molecule has 0 radical (unpaired) electrons. The van der Waals surface area contributed by atoms with Crippen LogP contribution >= 0.6 is 0 Å². The average Bonchev–Trinajstić information content (AvgIpc) is 1.60. The summed E-state index contributed by atoms with van der Waals surface area (Å²) < 4.78 is 96.8. The molecule has 0 saturated heterocycles. The fourth-order valence-electron chi connectivity index (χ4n) is 11.3. The van der Waals surface area contributed by atoms with Crippen molar-refractivity contribution in [1.29, 1.82) is 0 Å². The number of aryl methyl sites for hydroxylation is 2. The van der Waals surface area contributed by atoms with Crippen LogP contribution in [0.1, 0.15) is 77.5 Å². The summed E-state index contributed by atoms with van der Waals surface area (Å²) >= 11 is 0. The molecule has 5 nitrogen and oxygen atoms in total. The van der Waals surface area contributed by atoms with Crippen LogP contribution in [0.4, 0.5) is 39.9 Å². The van der Waals surface area contributed by atoms with Gasteiger partial charge in [-0.3, -0.25) is 0 Å². The maximum Gasteiger partial charge on any atom is 0.135 e. The molecule has 3 aliphatic rings. The van der Waals surface area contributed by atoms with Gasteiger partial charge in [0.15, 0.2) is 0 Å². The molecule has 0 N–H and O–H groups in total. The van der Waals surface area contributed by atoms with Crippen LogP contribution in [0.5, 0.6) is 11.5 Å². The van der Waals surface area contributed by atoms with Gasteiger partial charge in [-0.15, -0.1) is 47.9 Å². The van der Waals surface area contributed by atoms with Gasteiger partial charge in [0.25, 0.3) is 0 Å². The Kier molecular flexibility index (Phi) is 9.80. The average molecular weight is 1210 g/mol. The quantitative estimate of drug-likeness (QED) is 0.117. The molecule has 0 amide bonds. The molecule has 0 saturated carbocycles. The minimum atomic E-state index is -3.07. The molecule has 382 valence electrons. The summed E-state index contributed by atoms with van der Waals surface area (Å²) in [5.41, 5.74) is 9.87. The van der Waals surface area contributed by atoms with Crippen molar-refractivity contribution in [3.63, 3.8) is 0 Å². The number of anilines is 7. The Hall–Kier alpha value is -7.76. The predicted octanol–water partition coefficient (Wildman–Crippen LogP) is 15.6. The third-order valence-electron chi connectivity index (χ3n) is 15.0. The zero-order valence-corrected chi connectivity index (χ0v) is 47.2. The second-order valence-electron chi connectivity index (χ2n) is 22.0. The number of fused-ring (bicyclic) bond motifs is 10. The number of benzene rings is 9. The van der Waals surface area contributed by atoms with Crippen LogP contribution in [-0.2, 0) is 31.9 Å². The number of hydrogen-bond acceptors (Lipinski definition) is 5. The third-order valence-corrected chi connectivity index (χ3v) is 19.9. The molecule has 1 spiro atoms. The van der Waals surface area contributed by atoms with Crippen molar-refractivity contribution in [2.75, 3.05) is 14.7 Å². The van der Waals surface area contributed by atoms with Gasteiger partial charge in [0.05, 0.1) is 13.7 Å². The van der Waals surface area contributed by atoms with Gasteiger partial charge in [0.1, 0.15) is 13.9 Å². The van der Waals surface area contributed by atoms with Crippen LogP contribution in [0.15, 0.2) is 206 Å². The molecule has 13 rings (SSSR count). The topological polar surface area (TPSA) is 31.8 Å². The smallest absolute Gasteiger partial charge is 0.135 e. The normalized spacial score (nSPS) is 15.7. The number of rotatable bonds is 7. The van der Waals surface area contributed by atoms with E-state index in [0.717, 1.165) is 27.9 Å². The molecule has 10 aromatic rings. The zero-order chi connectivity index (χ0) is 60.8. The van der Waals surface area contributed by atoms with Crippen LogP contribution in [0, 0.1) is 32.6 Å². The van der Waals surface area contributed by atoms with E-state index in [9.17, 15) is 5.48 Å².